The van der Waals surface area contributed by atoms with Gasteiger partial charge in [-0.25, -0.2) is 9.07 Å². The Hall–Kier alpha value is -1.91. The Morgan fingerprint density at radius 3 is 2.56 bits per heavy atom. The standard InChI is InChI=1S/C20H20ClFN2O/c21-15-5-7-17(8-6-15)24-19-4-2-1-3-16(22)13-18(19)20(23-24)14-9-11-25-12-10-14/h3-8,13-14H,1-2,9-12H2. The summed E-state index contributed by atoms with van der Waals surface area (Å²) in [6.45, 7) is 1.46. The molecule has 4 rings (SSSR count). The molecule has 0 radical (unpaired) electrons. The summed E-state index contributed by atoms with van der Waals surface area (Å²) in [7, 11) is 0. The van der Waals surface area contributed by atoms with Gasteiger partial charge in [-0.1, -0.05) is 17.7 Å². The van der Waals surface area contributed by atoms with Gasteiger partial charge >= 0.3 is 0 Å². The maximum Gasteiger partial charge on any atom is 0.119 e. The van der Waals surface area contributed by atoms with Crippen LogP contribution in [0.25, 0.3) is 17.8 Å². The second kappa shape index (κ2) is 7.14. The second-order valence-corrected chi connectivity index (χ2v) is 6.91. The molecular formula is C20H20ClFN2O. The third-order valence-corrected chi connectivity index (χ3v) is 5.04. The maximum atomic E-state index is 14.2. The van der Waals surface area contributed by atoms with E-state index in [1.54, 1.807) is 12.2 Å². The van der Waals surface area contributed by atoms with Crippen LogP contribution in [0.1, 0.15) is 37.3 Å². The fourth-order valence-corrected chi connectivity index (χ4v) is 3.62. The van der Waals surface area contributed by atoms with Gasteiger partial charge in [0.1, 0.15) is 5.83 Å². The van der Waals surface area contributed by atoms with Gasteiger partial charge in [-0.05, 0) is 62.1 Å². The highest BCUT2D eigenvalue weighted by atomic mass is 35.5. The minimum atomic E-state index is -0.182. The Labute approximate surface area is 151 Å². The van der Waals surface area contributed by atoms with Crippen molar-refractivity contribution in [2.75, 3.05) is 13.2 Å². The van der Waals surface area contributed by atoms with E-state index >= 15 is 0 Å². The molecule has 2 aliphatic rings. The molecule has 5 heteroatoms. The molecule has 0 bridgehead atoms. The smallest absolute Gasteiger partial charge is 0.119 e. The first kappa shape index (κ1) is 16.6. The second-order valence-electron chi connectivity index (χ2n) is 6.47. The van der Waals surface area contributed by atoms with Crippen molar-refractivity contribution in [2.24, 2.45) is 0 Å². The van der Waals surface area contributed by atoms with E-state index in [9.17, 15) is 4.39 Å². The molecule has 2 aromatic rings. The van der Waals surface area contributed by atoms with Gasteiger partial charge < -0.3 is 4.74 Å². The lowest BCUT2D eigenvalue weighted by Crippen LogP contribution is -2.31. The van der Waals surface area contributed by atoms with Crippen LogP contribution in [-0.2, 0) is 4.74 Å². The molecule has 130 valence electrons. The van der Waals surface area contributed by atoms with E-state index in [1.165, 1.54) is 0 Å². The molecule has 1 aliphatic carbocycles. The molecule has 1 aliphatic heterocycles. The van der Waals surface area contributed by atoms with E-state index in [4.69, 9.17) is 21.4 Å². The molecular weight excluding hydrogens is 339 g/mol. The van der Waals surface area contributed by atoms with Crippen molar-refractivity contribution >= 4 is 23.8 Å². The van der Waals surface area contributed by atoms with Crippen molar-refractivity contribution in [1.82, 2.24) is 9.78 Å². The Balaban J connectivity index is 1.94. The number of allylic oxidation sites excluding steroid dienone is 2. The number of aromatic nitrogens is 2. The van der Waals surface area contributed by atoms with Crippen LogP contribution in [0, 0.1) is 0 Å². The van der Waals surface area contributed by atoms with Crippen LogP contribution in [-0.4, -0.2) is 23.0 Å². The number of hydrogen-bond acceptors (Lipinski definition) is 2. The largest absolute Gasteiger partial charge is 0.381 e. The van der Waals surface area contributed by atoms with E-state index in [0.29, 0.717) is 17.4 Å². The molecule has 1 saturated heterocycles. The van der Waals surface area contributed by atoms with Crippen LogP contribution < -0.4 is 10.6 Å². The van der Waals surface area contributed by atoms with E-state index in [1.807, 2.05) is 28.9 Å². The molecule has 0 spiro atoms. The summed E-state index contributed by atoms with van der Waals surface area (Å²) in [5.41, 5.74) is 1.91. The normalized spacial score (nSPS) is 18.4. The minimum Gasteiger partial charge on any atom is -0.381 e. The summed E-state index contributed by atoms with van der Waals surface area (Å²) >= 11 is 6.02. The monoisotopic (exact) mass is 358 g/mol. The third-order valence-electron chi connectivity index (χ3n) is 4.79. The number of hydrogen-bond donors (Lipinski definition) is 0. The summed E-state index contributed by atoms with van der Waals surface area (Å²) in [5.74, 6) is 0.117. The lowest BCUT2D eigenvalue weighted by Gasteiger charge is -2.20. The lowest BCUT2D eigenvalue weighted by atomic mass is 9.95. The zero-order chi connectivity index (χ0) is 17.2. The molecule has 1 aromatic carbocycles. The summed E-state index contributed by atoms with van der Waals surface area (Å²) in [5, 5.41) is 7.45. The van der Waals surface area contributed by atoms with Gasteiger partial charge in [0, 0.05) is 29.4 Å². The number of halogens is 2. The number of benzene rings is 1. The topological polar surface area (TPSA) is 27.1 Å². The first-order chi connectivity index (χ1) is 12.2. The number of rotatable bonds is 2. The summed E-state index contributed by atoms with van der Waals surface area (Å²) in [6.07, 6.45) is 8.76. The fraction of sp³-hybridized carbons (Fsp3) is 0.350. The zero-order valence-electron chi connectivity index (χ0n) is 13.9. The SMILES string of the molecule is FC1=CCCC=c2c(c(C3CCOCC3)nn2-c2ccc(Cl)cc2)=C1. The number of ether oxygens (including phenoxy) is 1. The molecule has 3 nitrogen and oxygen atoms in total. The van der Waals surface area contributed by atoms with E-state index in [-0.39, 0.29) is 5.83 Å². The Morgan fingerprint density at radius 2 is 1.80 bits per heavy atom. The first-order valence-electron chi connectivity index (χ1n) is 8.72. The average Bonchev–Trinajstić information content (AvgIpc) is 2.96. The van der Waals surface area contributed by atoms with Crippen molar-refractivity contribution in [3.05, 3.63) is 57.5 Å². The molecule has 25 heavy (non-hydrogen) atoms. The van der Waals surface area contributed by atoms with Crippen molar-refractivity contribution in [3.63, 3.8) is 0 Å². The van der Waals surface area contributed by atoms with E-state index in [2.05, 4.69) is 6.08 Å². The molecule has 0 amide bonds. The van der Waals surface area contributed by atoms with E-state index in [0.717, 1.165) is 54.4 Å². The van der Waals surface area contributed by atoms with Crippen molar-refractivity contribution in [3.8, 4) is 5.69 Å². The lowest BCUT2D eigenvalue weighted by molar-refractivity contribution is 0.0842. The van der Waals surface area contributed by atoms with Crippen LogP contribution >= 0.6 is 11.6 Å². The highest BCUT2D eigenvalue weighted by Gasteiger charge is 2.22. The highest BCUT2D eigenvalue weighted by Crippen LogP contribution is 2.23. The molecule has 2 heterocycles. The molecule has 0 unspecified atom stereocenters. The summed E-state index contributed by atoms with van der Waals surface area (Å²) in [6, 6.07) is 7.60. The van der Waals surface area contributed by atoms with Crippen LogP contribution in [0.3, 0.4) is 0 Å². The van der Waals surface area contributed by atoms with Crippen LogP contribution in [0.4, 0.5) is 4.39 Å². The fourth-order valence-electron chi connectivity index (χ4n) is 3.49. The van der Waals surface area contributed by atoms with Crippen LogP contribution in [0.2, 0.25) is 5.02 Å². The van der Waals surface area contributed by atoms with Crippen molar-refractivity contribution in [1.29, 1.82) is 0 Å². The molecule has 0 N–H and O–H groups in total. The van der Waals surface area contributed by atoms with Gasteiger partial charge in [0.15, 0.2) is 0 Å². The Morgan fingerprint density at radius 1 is 1.08 bits per heavy atom. The van der Waals surface area contributed by atoms with Crippen LogP contribution in [0.5, 0.6) is 0 Å². The Bertz CT molecular complexity index is 908. The van der Waals surface area contributed by atoms with Gasteiger partial charge in [0.2, 0.25) is 0 Å². The number of nitrogens with zero attached hydrogens (tertiary/aromatic N) is 2. The van der Waals surface area contributed by atoms with E-state index < -0.39 is 0 Å². The highest BCUT2D eigenvalue weighted by molar-refractivity contribution is 6.30. The van der Waals surface area contributed by atoms with Gasteiger partial charge in [-0.2, -0.15) is 5.10 Å². The molecule has 1 aromatic heterocycles. The predicted molar refractivity (Wildman–Crippen MR) is 98.0 cm³/mol. The van der Waals surface area contributed by atoms with Gasteiger partial charge in [0.05, 0.1) is 16.7 Å². The minimum absolute atomic E-state index is 0.182. The van der Waals surface area contributed by atoms with Gasteiger partial charge in [-0.15, -0.1) is 0 Å². The third kappa shape index (κ3) is 3.42. The Kier molecular flexibility index (Phi) is 4.73. The van der Waals surface area contributed by atoms with Crippen molar-refractivity contribution in [2.45, 2.75) is 31.6 Å². The first-order valence-corrected chi connectivity index (χ1v) is 9.10. The molecule has 0 saturated carbocycles. The molecule has 0 atom stereocenters. The summed E-state index contributed by atoms with van der Waals surface area (Å²) < 4.78 is 21.6. The average molecular weight is 359 g/mol. The summed E-state index contributed by atoms with van der Waals surface area (Å²) in [4.78, 5) is 0. The quantitative estimate of drug-likeness (QED) is 0.819. The van der Waals surface area contributed by atoms with Gasteiger partial charge in [-0.3, -0.25) is 0 Å². The van der Waals surface area contributed by atoms with Gasteiger partial charge in [0.25, 0.3) is 0 Å². The number of fused-ring (bicyclic) bond motifs is 1. The molecule has 1 fully saturated rings. The predicted octanol–water partition coefficient (Wildman–Crippen LogP) is 3.63. The van der Waals surface area contributed by atoms with Crippen molar-refractivity contribution < 1.29 is 9.13 Å². The maximum absolute atomic E-state index is 14.2. The van der Waals surface area contributed by atoms with Crippen LogP contribution in [0.15, 0.2) is 36.2 Å². The zero-order valence-corrected chi connectivity index (χ0v) is 14.7.